The van der Waals surface area contributed by atoms with Crippen LogP contribution in [0.2, 0.25) is 5.15 Å². The van der Waals surface area contributed by atoms with Crippen molar-refractivity contribution in [2.45, 2.75) is 30.7 Å². The molecule has 2 heterocycles. The maximum atomic E-state index is 13.4. The number of piperidine rings is 1. The zero-order valence-electron chi connectivity index (χ0n) is 16.1. The molecule has 1 saturated heterocycles. The fraction of sp³-hybridized carbons (Fsp3) is 0.368. The van der Waals surface area contributed by atoms with Gasteiger partial charge in [0.15, 0.2) is 0 Å². The molecule has 29 heavy (non-hydrogen) atoms. The second kappa shape index (κ2) is 8.64. The highest BCUT2D eigenvalue weighted by Crippen LogP contribution is 2.21. The summed E-state index contributed by atoms with van der Waals surface area (Å²) in [6.45, 7) is 2.56. The molecule has 1 aromatic heterocycles. The number of carbonyl (C=O) groups excluding carboxylic acids is 1. The van der Waals surface area contributed by atoms with E-state index in [4.69, 9.17) is 11.6 Å². The number of carbonyl (C=O) groups is 1. The Morgan fingerprint density at radius 1 is 1.41 bits per heavy atom. The minimum absolute atomic E-state index is 0.137. The number of amides is 1. The molecular weight excluding hydrogens is 419 g/mol. The number of halogens is 2. The molecule has 1 unspecified atom stereocenters. The number of hydrogen-bond acceptors (Lipinski definition) is 4. The summed E-state index contributed by atoms with van der Waals surface area (Å²) in [5, 5.41) is 4.63. The fourth-order valence-electron chi connectivity index (χ4n) is 3.29. The standard InChI is InChI=1S/C19H22ClFN4O3S/c1-13-17(19(20)24(2)22-13)8-9-18(26)25-10-4-6-15(12-25)23-29(27,28)16-7-3-5-14(21)11-16/h3,5,7-9,11,15,23H,4,6,10,12H2,1-2H3. The maximum absolute atomic E-state index is 13.4. The van der Waals surface area contributed by atoms with Gasteiger partial charge in [0.05, 0.1) is 10.6 Å². The van der Waals surface area contributed by atoms with Gasteiger partial charge in [-0.15, -0.1) is 0 Å². The zero-order chi connectivity index (χ0) is 21.2. The van der Waals surface area contributed by atoms with Crippen molar-refractivity contribution in [2.75, 3.05) is 13.1 Å². The lowest BCUT2D eigenvalue weighted by Crippen LogP contribution is -2.49. The number of hydrogen-bond donors (Lipinski definition) is 1. The highest BCUT2D eigenvalue weighted by Gasteiger charge is 2.27. The van der Waals surface area contributed by atoms with Crippen molar-refractivity contribution in [2.24, 2.45) is 7.05 Å². The van der Waals surface area contributed by atoms with E-state index in [0.29, 0.717) is 35.8 Å². The van der Waals surface area contributed by atoms with Crippen LogP contribution in [0.1, 0.15) is 24.1 Å². The average molecular weight is 441 g/mol. The van der Waals surface area contributed by atoms with Gasteiger partial charge in [-0.3, -0.25) is 9.48 Å². The number of aromatic nitrogens is 2. The van der Waals surface area contributed by atoms with Crippen molar-refractivity contribution < 1.29 is 17.6 Å². The van der Waals surface area contributed by atoms with Crippen molar-refractivity contribution in [3.8, 4) is 0 Å². The molecule has 3 rings (SSSR count). The van der Waals surface area contributed by atoms with Crippen LogP contribution < -0.4 is 4.72 Å². The number of aryl methyl sites for hydroxylation is 2. The molecule has 1 atom stereocenters. The SMILES string of the molecule is Cc1nn(C)c(Cl)c1C=CC(=O)N1CCCC(NS(=O)(=O)c2cccc(F)c2)C1. The van der Waals surface area contributed by atoms with E-state index in [1.54, 1.807) is 24.9 Å². The summed E-state index contributed by atoms with van der Waals surface area (Å²) >= 11 is 6.17. The van der Waals surface area contributed by atoms with Crippen molar-refractivity contribution >= 4 is 33.6 Å². The normalized spacial score (nSPS) is 17.8. The first-order valence-corrected chi connectivity index (χ1v) is 11.0. The molecule has 0 bridgehead atoms. The average Bonchev–Trinajstić information content (AvgIpc) is 2.91. The van der Waals surface area contributed by atoms with Crippen LogP contribution >= 0.6 is 11.6 Å². The number of nitrogens with one attached hydrogen (secondary N) is 1. The predicted molar refractivity (Wildman–Crippen MR) is 108 cm³/mol. The van der Waals surface area contributed by atoms with Crippen molar-refractivity contribution in [3.63, 3.8) is 0 Å². The summed E-state index contributed by atoms with van der Waals surface area (Å²) in [6.07, 6.45) is 4.28. The van der Waals surface area contributed by atoms with Gasteiger partial charge in [0.2, 0.25) is 15.9 Å². The fourth-order valence-corrected chi connectivity index (χ4v) is 4.82. The van der Waals surface area contributed by atoms with Crippen LogP contribution in [0.25, 0.3) is 6.08 Å². The summed E-state index contributed by atoms with van der Waals surface area (Å²) in [5.74, 6) is -0.859. The number of rotatable bonds is 5. The molecule has 0 aliphatic carbocycles. The minimum atomic E-state index is -3.87. The van der Waals surface area contributed by atoms with Gasteiger partial charge in [-0.1, -0.05) is 17.7 Å². The van der Waals surface area contributed by atoms with Crippen molar-refractivity contribution in [3.05, 3.63) is 52.6 Å². The molecule has 1 amide bonds. The Balaban J connectivity index is 1.67. The minimum Gasteiger partial charge on any atom is -0.338 e. The zero-order valence-corrected chi connectivity index (χ0v) is 17.7. The monoisotopic (exact) mass is 440 g/mol. The van der Waals surface area contributed by atoms with Crippen molar-refractivity contribution in [1.82, 2.24) is 19.4 Å². The van der Waals surface area contributed by atoms with E-state index in [1.165, 1.54) is 29.0 Å². The van der Waals surface area contributed by atoms with Crippen LogP contribution in [0, 0.1) is 12.7 Å². The van der Waals surface area contributed by atoms with Crippen LogP contribution in [0.4, 0.5) is 4.39 Å². The molecule has 10 heteroatoms. The van der Waals surface area contributed by atoms with Crippen LogP contribution in [0.15, 0.2) is 35.2 Å². The van der Waals surface area contributed by atoms with E-state index in [0.717, 1.165) is 6.07 Å². The van der Waals surface area contributed by atoms with Crippen LogP contribution in [0.5, 0.6) is 0 Å². The summed E-state index contributed by atoms with van der Waals surface area (Å²) in [6, 6.07) is 4.38. The lowest BCUT2D eigenvalue weighted by Gasteiger charge is -2.32. The lowest BCUT2D eigenvalue weighted by atomic mass is 10.1. The Bertz CT molecular complexity index is 1050. The predicted octanol–water partition coefficient (Wildman–Crippen LogP) is 2.50. The van der Waals surface area contributed by atoms with Gasteiger partial charge in [0.1, 0.15) is 11.0 Å². The van der Waals surface area contributed by atoms with Crippen LogP contribution in [0.3, 0.4) is 0 Å². The van der Waals surface area contributed by atoms with Gasteiger partial charge >= 0.3 is 0 Å². The molecule has 7 nitrogen and oxygen atoms in total. The quantitative estimate of drug-likeness (QED) is 0.724. The first-order chi connectivity index (χ1) is 13.7. The Kier molecular flexibility index (Phi) is 6.40. The third kappa shape index (κ3) is 5.04. The Morgan fingerprint density at radius 3 is 2.83 bits per heavy atom. The van der Waals surface area contributed by atoms with Gasteiger partial charge in [-0.2, -0.15) is 5.10 Å². The second-order valence-corrected chi connectivity index (χ2v) is 9.02. The number of nitrogens with zero attached hydrogens (tertiary/aromatic N) is 3. The molecule has 1 aromatic carbocycles. The molecule has 0 radical (unpaired) electrons. The number of likely N-dealkylation sites (tertiary alicyclic amines) is 1. The molecule has 0 spiro atoms. The third-order valence-corrected chi connectivity index (χ3v) is 6.72. The molecule has 1 aliphatic rings. The summed E-state index contributed by atoms with van der Waals surface area (Å²) in [4.78, 5) is 14.0. The van der Waals surface area contributed by atoms with Gasteiger partial charge in [0.25, 0.3) is 0 Å². The first-order valence-electron chi connectivity index (χ1n) is 9.11. The molecular formula is C19H22ClFN4O3S. The van der Waals surface area contributed by atoms with Gasteiger partial charge < -0.3 is 4.90 Å². The molecule has 2 aromatic rings. The first kappa shape index (κ1) is 21.5. The van der Waals surface area contributed by atoms with E-state index in [1.807, 2.05) is 0 Å². The van der Waals surface area contributed by atoms with Crippen LogP contribution in [-0.4, -0.2) is 48.1 Å². The number of benzene rings is 1. The largest absolute Gasteiger partial charge is 0.338 e. The van der Waals surface area contributed by atoms with E-state index >= 15 is 0 Å². The lowest BCUT2D eigenvalue weighted by molar-refractivity contribution is -0.127. The summed E-state index contributed by atoms with van der Waals surface area (Å²) in [7, 11) is -2.15. The molecule has 156 valence electrons. The third-order valence-electron chi connectivity index (χ3n) is 4.75. The molecule has 1 aliphatic heterocycles. The molecule has 1 fully saturated rings. The smallest absolute Gasteiger partial charge is 0.246 e. The maximum Gasteiger partial charge on any atom is 0.246 e. The Labute approximate surface area is 174 Å². The second-order valence-electron chi connectivity index (χ2n) is 6.95. The van der Waals surface area contributed by atoms with E-state index in [9.17, 15) is 17.6 Å². The van der Waals surface area contributed by atoms with Crippen LogP contribution in [-0.2, 0) is 21.9 Å². The van der Waals surface area contributed by atoms with Gasteiger partial charge in [-0.25, -0.2) is 17.5 Å². The van der Waals surface area contributed by atoms with E-state index in [2.05, 4.69) is 9.82 Å². The topological polar surface area (TPSA) is 84.3 Å². The molecule has 1 N–H and O–H groups in total. The van der Waals surface area contributed by atoms with E-state index < -0.39 is 21.9 Å². The number of sulfonamides is 1. The van der Waals surface area contributed by atoms with E-state index in [-0.39, 0.29) is 17.3 Å². The summed E-state index contributed by atoms with van der Waals surface area (Å²) < 4.78 is 42.5. The van der Waals surface area contributed by atoms with Gasteiger partial charge in [-0.05, 0) is 44.0 Å². The van der Waals surface area contributed by atoms with Gasteiger partial charge in [0, 0.05) is 37.8 Å². The Morgan fingerprint density at radius 2 is 2.17 bits per heavy atom. The molecule has 0 saturated carbocycles. The highest BCUT2D eigenvalue weighted by atomic mass is 35.5. The summed E-state index contributed by atoms with van der Waals surface area (Å²) in [5.41, 5.74) is 1.38. The Hall–Kier alpha value is -2.23. The van der Waals surface area contributed by atoms with Crippen molar-refractivity contribution in [1.29, 1.82) is 0 Å². The highest BCUT2D eigenvalue weighted by molar-refractivity contribution is 7.89.